The van der Waals surface area contributed by atoms with Crippen molar-refractivity contribution < 1.29 is 4.74 Å². The largest absolute Gasteiger partial charge is 0.493 e. The quantitative estimate of drug-likeness (QED) is 0.852. The molecular weight excluding hydrogens is 286 g/mol. The average molecular weight is 309 g/mol. The molecule has 21 heavy (non-hydrogen) atoms. The standard InChI is InChI=1S/C14H23N5OS/c1-6-7-15-12(14-10(4)17-18-21-14)13-11(20-5)8-16-19(13)9(2)3/h8-9,12,15H,6-7H2,1-5H3. The predicted molar refractivity (Wildman–Crippen MR) is 83.9 cm³/mol. The molecule has 0 aromatic carbocycles. The zero-order valence-electron chi connectivity index (χ0n) is 13.3. The Bertz CT molecular complexity index is 578. The molecule has 2 rings (SSSR count). The fraction of sp³-hybridized carbons (Fsp3) is 0.643. The second-order valence-electron chi connectivity index (χ2n) is 5.25. The molecule has 0 radical (unpaired) electrons. The van der Waals surface area contributed by atoms with Crippen LogP contribution >= 0.6 is 11.5 Å². The summed E-state index contributed by atoms with van der Waals surface area (Å²) in [7, 11) is 1.68. The summed E-state index contributed by atoms with van der Waals surface area (Å²) in [5.41, 5.74) is 1.99. The number of hydrogen-bond acceptors (Lipinski definition) is 6. The van der Waals surface area contributed by atoms with Gasteiger partial charge in [-0.2, -0.15) is 5.10 Å². The molecule has 2 aromatic heterocycles. The van der Waals surface area contributed by atoms with Crippen LogP contribution in [0.2, 0.25) is 0 Å². The van der Waals surface area contributed by atoms with E-state index in [1.807, 2.05) is 11.6 Å². The van der Waals surface area contributed by atoms with Crippen LogP contribution in [0.15, 0.2) is 6.20 Å². The zero-order chi connectivity index (χ0) is 15.4. The molecule has 0 saturated carbocycles. The molecule has 0 aliphatic heterocycles. The third kappa shape index (κ3) is 3.24. The highest BCUT2D eigenvalue weighted by molar-refractivity contribution is 7.05. The molecule has 6 nitrogen and oxygen atoms in total. The maximum atomic E-state index is 5.52. The second-order valence-corrected chi connectivity index (χ2v) is 6.03. The summed E-state index contributed by atoms with van der Waals surface area (Å²) in [4.78, 5) is 1.11. The van der Waals surface area contributed by atoms with Gasteiger partial charge in [0.05, 0.1) is 29.9 Å². The van der Waals surface area contributed by atoms with Gasteiger partial charge in [-0.1, -0.05) is 11.4 Å². The van der Waals surface area contributed by atoms with Gasteiger partial charge in [-0.05, 0) is 45.3 Å². The highest BCUT2D eigenvalue weighted by Gasteiger charge is 2.27. The number of ether oxygens (including phenoxy) is 1. The summed E-state index contributed by atoms with van der Waals surface area (Å²) >= 11 is 1.43. The number of aryl methyl sites for hydroxylation is 1. The maximum absolute atomic E-state index is 5.52. The van der Waals surface area contributed by atoms with Crippen molar-refractivity contribution >= 4 is 11.5 Å². The van der Waals surface area contributed by atoms with Crippen LogP contribution in [-0.2, 0) is 0 Å². The van der Waals surface area contributed by atoms with Crippen LogP contribution in [0.25, 0.3) is 0 Å². The monoisotopic (exact) mass is 309 g/mol. The van der Waals surface area contributed by atoms with Crippen LogP contribution in [0.5, 0.6) is 5.75 Å². The first-order chi connectivity index (χ1) is 10.1. The highest BCUT2D eigenvalue weighted by atomic mass is 32.1. The molecule has 0 amide bonds. The fourth-order valence-electron chi connectivity index (χ4n) is 2.30. The topological polar surface area (TPSA) is 64.9 Å². The minimum atomic E-state index is 0.00444. The van der Waals surface area contributed by atoms with E-state index in [1.54, 1.807) is 13.3 Å². The van der Waals surface area contributed by atoms with Crippen LogP contribution in [-0.4, -0.2) is 33.0 Å². The molecule has 0 saturated heterocycles. The van der Waals surface area contributed by atoms with E-state index in [-0.39, 0.29) is 12.1 Å². The third-order valence-electron chi connectivity index (χ3n) is 3.33. The van der Waals surface area contributed by atoms with Crippen LogP contribution in [0, 0.1) is 6.92 Å². The third-order valence-corrected chi connectivity index (χ3v) is 4.22. The first-order valence-electron chi connectivity index (χ1n) is 7.23. The molecule has 0 bridgehead atoms. The second kappa shape index (κ2) is 7.00. The molecule has 7 heteroatoms. The van der Waals surface area contributed by atoms with Crippen molar-refractivity contribution in [2.45, 2.75) is 46.2 Å². The molecule has 0 aliphatic rings. The van der Waals surface area contributed by atoms with E-state index in [0.29, 0.717) is 0 Å². The van der Waals surface area contributed by atoms with Crippen LogP contribution < -0.4 is 10.1 Å². The molecule has 1 N–H and O–H groups in total. The van der Waals surface area contributed by atoms with Gasteiger partial charge >= 0.3 is 0 Å². The number of aromatic nitrogens is 4. The van der Waals surface area contributed by atoms with Crippen molar-refractivity contribution in [2.24, 2.45) is 0 Å². The van der Waals surface area contributed by atoms with Gasteiger partial charge in [0.2, 0.25) is 0 Å². The molecule has 2 heterocycles. The Morgan fingerprint density at radius 1 is 1.43 bits per heavy atom. The van der Waals surface area contributed by atoms with Gasteiger partial charge in [0, 0.05) is 6.04 Å². The van der Waals surface area contributed by atoms with Gasteiger partial charge in [0.15, 0.2) is 5.75 Å². The van der Waals surface area contributed by atoms with Crippen LogP contribution in [0.4, 0.5) is 0 Å². The van der Waals surface area contributed by atoms with Crippen molar-refractivity contribution in [3.8, 4) is 5.75 Å². The summed E-state index contributed by atoms with van der Waals surface area (Å²) in [5, 5.41) is 12.2. The first-order valence-corrected chi connectivity index (χ1v) is 8.01. The molecule has 0 aliphatic carbocycles. The van der Waals surface area contributed by atoms with Gasteiger partial charge in [-0.15, -0.1) is 5.10 Å². The fourth-order valence-corrected chi connectivity index (χ4v) is 3.03. The van der Waals surface area contributed by atoms with E-state index in [1.165, 1.54) is 11.5 Å². The lowest BCUT2D eigenvalue weighted by Crippen LogP contribution is -2.26. The van der Waals surface area contributed by atoms with E-state index in [0.717, 1.165) is 35.0 Å². The van der Waals surface area contributed by atoms with E-state index in [9.17, 15) is 0 Å². The number of hydrogen-bond donors (Lipinski definition) is 1. The van der Waals surface area contributed by atoms with Crippen molar-refractivity contribution in [3.63, 3.8) is 0 Å². The summed E-state index contributed by atoms with van der Waals surface area (Å²) in [6.07, 6.45) is 2.83. The Morgan fingerprint density at radius 3 is 2.71 bits per heavy atom. The molecular formula is C14H23N5OS. The molecule has 0 spiro atoms. The number of methoxy groups -OCH3 is 1. The number of rotatable bonds is 7. The highest BCUT2D eigenvalue weighted by Crippen LogP contribution is 2.34. The van der Waals surface area contributed by atoms with Gasteiger partial charge in [0.25, 0.3) is 0 Å². The Kier molecular flexibility index (Phi) is 5.30. The minimum Gasteiger partial charge on any atom is -0.493 e. The maximum Gasteiger partial charge on any atom is 0.161 e. The van der Waals surface area contributed by atoms with Crippen molar-refractivity contribution in [2.75, 3.05) is 13.7 Å². The van der Waals surface area contributed by atoms with Gasteiger partial charge in [0.1, 0.15) is 5.69 Å². The lowest BCUT2D eigenvalue weighted by atomic mass is 10.1. The zero-order valence-corrected chi connectivity index (χ0v) is 14.1. The van der Waals surface area contributed by atoms with E-state index < -0.39 is 0 Å². The Morgan fingerprint density at radius 2 is 2.19 bits per heavy atom. The van der Waals surface area contributed by atoms with Crippen molar-refractivity contribution in [1.29, 1.82) is 0 Å². The smallest absolute Gasteiger partial charge is 0.161 e. The van der Waals surface area contributed by atoms with Crippen LogP contribution in [0.3, 0.4) is 0 Å². The molecule has 1 unspecified atom stereocenters. The molecule has 0 fully saturated rings. The van der Waals surface area contributed by atoms with Crippen molar-refractivity contribution in [3.05, 3.63) is 22.5 Å². The summed E-state index contributed by atoms with van der Waals surface area (Å²) in [5.74, 6) is 0.796. The van der Waals surface area contributed by atoms with E-state index >= 15 is 0 Å². The lowest BCUT2D eigenvalue weighted by molar-refractivity contribution is 0.393. The SMILES string of the molecule is CCCNC(c1snnc1C)c1c(OC)cnn1C(C)C. The molecule has 2 aromatic rings. The van der Waals surface area contributed by atoms with Gasteiger partial charge in [-0.25, -0.2) is 0 Å². The predicted octanol–water partition coefficient (Wildman–Crippen LogP) is 2.72. The normalized spacial score (nSPS) is 12.9. The van der Waals surface area contributed by atoms with Crippen molar-refractivity contribution in [1.82, 2.24) is 24.7 Å². The first kappa shape index (κ1) is 15.9. The molecule has 1 atom stereocenters. The van der Waals surface area contributed by atoms with Crippen LogP contribution in [0.1, 0.15) is 55.5 Å². The Hall–Kier alpha value is -1.47. The van der Waals surface area contributed by atoms with E-state index in [4.69, 9.17) is 4.74 Å². The minimum absolute atomic E-state index is 0.00444. The van der Waals surface area contributed by atoms with E-state index in [2.05, 4.69) is 40.8 Å². The lowest BCUT2D eigenvalue weighted by Gasteiger charge is -2.21. The summed E-state index contributed by atoms with van der Waals surface area (Å²) in [6.45, 7) is 9.28. The molecule has 116 valence electrons. The van der Waals surface area contributed by atoms with Gasteiger partial charge in [-0.3, -0.25) is 4.68 Å². The number of nitrogens with one attached hydrogen (secondary N) is 1. The summed E-state index contributed by atoms with van der Waals surface area (Å²) < 4.78 is 11.6. The number of nitrogens with zero attached hydrogens (tertiary/aromatic N) is 4. The summed E-state index contributed by atoms with van der Waals surface area (Å²) in [6, 6.07) is 0.265. The Labute approximate surface area is 129 Å². The Balaban J connectivity index is 2.50. The average Bonchev–Trinajstić information content (AvgIpc) is 3.06. The van der Waals surface area contributed by atoms with Gasteiger partial charge < -0.3 is 10.1 Å².